The Labute approximate surface area is 110 Å². The first-order valence-electron chi connectivity index (χ1n) is 5.06. The maximum Gasteiger partial charge on any atom is 0.151 e. The highest BCUT2D eigenvalue weighted by Gasteiger charge is 2.10. The number of anilines is 1. The molecule has 0 aliphatic carbocycles. The van der Waals surface area contributed by atoms with Gasteiger partial charge in [0.2, 0.25) is 0 Å². The molecule has 0 saturated heterocycles. The molecule has 1 aromatic rings. The second kappa shape index (κ2) is 6.30. The summed E-state index contributed by atoms with van der Waals surface area (Å²) < 4.78 is 0.850. The van der Waals surface area contributed by atoms with Crippen LogP contribution in [0.15, 0.2) is 22.7 Å². The van der Waals surface area contributed by atoms with Gasteiger partial charge in [0.1, 0.15) is 0 Å². The summed E-state index contributed by atoms with van der Waals surface area (Å²) in [4.78, 5) is 12.9. The Bertz CT molecular complexity index is 370. The number of rotatable bonds is 5. The lowest BCUT2D eigenvalue weighted by Crippen LogP contribution is -2.30. The summed E-state index contributed by atoms with van der Waals surface area (Å²) in [6.45, 7) is 2.19. The summed E-state index contributed by atoms with van der Waals surface area (Å²) in [5, 5.41) is 0. The van der Waals surface area contributed by atoms with Crippen LogP contribution >= 0.6 is 27.7 Å². The molecule has 0 fully saturated rings. The van der Waals surface area contributed by atoms with Gasteiger partial charge in [-0.3, -0.25) is 4.79 Å². The molecule has 0 bridgehead atoms. The average Bonchev–Trinajstić information content (AvgIpc) is 2.28. The van der Waals surface area contributed by atoms with Crippen LogP contribution < -0.4 is 4.90 Å². The van der Waals surface area contributed by atoms with E-state index in [2.05, 4.69) is 41.1 Å². The molecule has 1 unspecified atom stereocenters. The van der Waals surface area contributed by atoms with Crippen LogP contribution in [0.2, 0.25) is 0 Å². The second-order valence-electron chi connectivity index (χ2n) is 3.74. The monoisotopic (exact) mass is 301 g/mol. The van der Waals surface area contributed by atoms with Crippen molar-refractivity contribution in [2.45, 2.75) is 13.0 Å². The van der Waals surface area contributed by atoms with E-state index in [0.717, 1.165) is 22.2 Å². The highest BCUT2D eigenvalue weighted by atomic mass is 79.9. The van der Waals surface area contributed by atoms with Crippen LogP contribution in [-0.2, 0) is 0 Å². The van der Waals surface area contributed by atoms with Crippen LogP contribution in [0, 0.1) is 0 Å². The van der Waals surface area contributed by atoms with Gasteiger partial charge in [-0.1, -0.05) is 0 Å². The molecule has 2 nitrogen and oxygen atoms in total. The van der Waals surface area contributed by atoms with Gasteiger partial charge >= 0.3 is 0 Å². The number of aldehydes is 1. The average molecular weight is 302 g/mol. The number of nitrogens with zero attached hydrogens (tertiary/aromatic N) is 1. The van der Waals surface area contributed by atoms with E-state index in [-0.39, 0.29) is 0 Å². The third-order valence-electron chi connectivity index (χ3n) is 2.59. The van der Waals surface area contributed by atoms with Gasteiger partial charge in [0.05, 0.1) is 0 Å². The summed E-state index contributed by atoms with van der Waals surface area (Å²) in [6.07, 6.45) is 2.97. The molecule has 1 rings (SSSR count). The van der Waals surface area contributed by atoms with E-state index < -0.39 is 0 Å². The van der Waals surface area contributed by atoms with E-state index in [0.29, 0.717) is 11.6 Å². The molecule has 0 N–H and O–H groups in total. The van der Waals surface area contributed by atoms with Crippen molar-refractivity contribution in [3.63, 3.8) is 0 Å². The summed E-state index contributed by atoms with van der Waals surface area (Å²) in [5.74, 6) is 1.09. The van der Waals surface area contributed by atoms with E-state index >= 15 is 0 Å². The minimum atomic E-state index is 0.476. The van der Waals surface area contributed by atoms with Gasteiger partial charge in [-0.05, 0) is 47.3 Å². The van der Waals surface area contributed by atoms with Gasteiger partial charge in [-0.15, -0.1) is 0 Å². The predicted molar refractivity (Wildman–Crippen MR) is 75.8 cm³/mol. The topological polar surface area (TPSA) is 20.3 Å². The molecule has 0 aromatic heterocycles. The number of halogens is 1. The van der Waals surface area contributed by atoms with Gasteiger partial charge in [0, 0.05) is 34.6 Å². The molecule has 0 spiro atoms. The molecular formula is C12H16BrNOS. The van der Waals surface area contributed by atoms with E-state index in [1.807, 2.05) is 30.0 Å². The molecule has 0 amide bonds. The molecular weight excluding hydrogens is 286 g/mol. The molecule has 16 heavy (non-hydrogen) atoms. The fraction of sp³-hybridized carbons (Fsp3) is 0.417. The van der Waals surface area contributed by atoms with Crippen LogP contribution in [0.1, 0.15) is 17.3 Å². The van der Waals surface area contributed by atoms with Crippen molar-refractivity contribution in [1.82, 2.24) is 0 Å². The quantitative estimate of drug-likeness (QED) is 0.777. The van der Waals surface area contributed by atoms with Gasteiger partial charge in [0.15, 0.2) is 6.29 Å². The number of benzene rings is 1. The summed E-state index contributed by atoms with van der Waals surface area (Å²) in [5.41, 5.74) is 1.81. The van der Waals surface area contributed by atoms with Crippen molar-refractivity contribution in [3.05, 3.63) is 28.2 Å². The molecule has 1 aromatic carbocycles. The zero-order valence-electron chi connectivity index (χ0n) is 9.74. The van der Waals surface area contributed by atoms with Crippen LogP contribution in [0.5, 0.6) is 0 Å². The highest BCUT2D eigenvalue weighted by Crippen LogP contribution is 2.24. The Morgan fingerprint density at radius 3 is 2.75 bits per heavy atom. The van der Waals surface area contributed by atoms with Gasteiger partial charge in [-0.2, -0.15) is 11.8 Å². The number of hydrogen-bond acceptors (Lipinski definition) is 3. The minimum Gasteiger partial charge on any atom is -0.371 e. The Kier molecular flexibility index (Phi) is 5.35. The molecule has 4 heteroatoms. The Balaban J connectivity index is 2.88. The summed E-state index contributed by atoms with van der Waals surface area (Å²) >= 11 is 5.24. The molecule has 1 atom stereocenters. The Morgan fingerprint density at radius 2 is 2.25 bits per heavy atom. The lowest BCUT2D eigenvalue weighted by molar-refractivity contribution is 0.112. The lowest BCUT2D eigenvalue weighted by Gasteiger charge is -2.26. The van der Waals surface area contributed by atoms with Crippen molar-refractivity contribution in [2.75, 3.05) is 24.0 Å². The van der Waals surface area contributed by atoms with Crippen LogP contribution in [0.3, 0.4) is 0 Å². The number of carbonyl (C=O) groups excluding carboxylic acids is 1. The standard InChI is InChI=1S/C12H16BrNOS/c1-9(8-16-3)14(2)11-5-4-10(7-15)12(13)6-11/h4-7,9H,8H2,1-3H3. The highest BCUT2D eigenvalue weighted by molar-refractivity contribution is 9.10. The zero-order chi connectivity index (χ0) is 12.1. The molecule has 88 valence electrons. The van der Waals surface area contributed by atoms with E-state index in [1.54, 1.807) is 0 Å². The smallest absolute Gasteiger partial charge is 0.151 e. The largest absolute Gasteiger partial charge is 0.371 e. The number of hydrogen-bond donors (Lipinski definition) is 0. The maximum atomic E-state index is 10.7. The normalized spacial score (nSPS) is 12.2. The van der Waals surface area contributed by atoms with Crippen molar-refractivity contribution in [1.29, 1.82) is 0 Å². The first-order valence-corrected chi connectivity index (χ1v) is 7.25. The third kappa shape index (κ3) is 3.25. The fourth-order valence-corrected chi connectivity index (χ4v) is 2.60. The molecule has 0 radical (unpaired) electrons. The zero-order valence-corrected chi connectivity index (χ0v) is 12.1. The van der Waals surface area contributed by atoms with Crippen molar-refractivity contribution in [3.8, 4) is 0 Å². The van der Waals surface area contributed by atoms with E-state index in [1.165, 1.54) is 0 Å². The second-order valence-corrected chi connectivity index (χ2v) is 5.50. The van der Waals surface area contributed by atoms with Gasteiger partial charge in [0.25, 0.3) is 0 Å². The SMILES string of the molecule is CSCC(C)N(C)c1ccc(C=O)c(Br)c1. The first kappa shape index (κ1) is 13.6. The van der Waals surface area contributed by atoms with Gasteiger partial charge in [-0.25, -0.2) is 0 Å². The minimum absolute atomic E-state index is 0.476. The number of thioether (sulfide) groups is 1. The molecule has 0 heterocycles. The van der Waals surface area contributed by atoms with Gasteiger partial charge < -0.3 is 4.90 Å². The van der Waals surface area contributed by atoms with E-state index in [4.69, 9.17) is 0 Å². The molecule has 0 aliphatic rings. The molecule has 0 saturated carbocycles. The van der Waals surface area contributed by atoms with Crippen molar-refractivity contribution < 1.29 is 4.79 Å². The van der Waals surface area contributed by atoms with Crippen molar-refractivity contribution in [2.24, 2.45) is 0 Å². The van der Waals surface area contributed by atoms with Crippen LogP contribution in [0.4, 0.5) is 5.69 Å². The predicted octanol–water partition coefficient (Wildman–Crippen LogP) is 3.45. The van der Waals surface area contributed by atoms with Crippen molar-refractivity contribution >= 4 is 39.7 Å². The molecule has 0 aliphatic heterocycles. The first-order chi connectivity index (χ1) is 7.60. The third-order valence-corrected chi connectivity index (χ3v) is 4.09. The number of carbonyl (C=O) groups is 1. The maximum absolute atomic E-state index is 10.7. The summed E-state index contributed by atoms with van der Waals surface area (Å²) in [7, 11) is 2.07. The fourth-order valence-electron chi connectivity index (χ4n) is 1.44. The van der Waals surface area contributed by atoms with E-state index in [9.17, 15) is 4.79 Å². The Hall–Kier alpha value is -0.480. The Morgan fingerprint density at radius 1 is 1.56 bits per heavy atom. The summed E-state index contributed by atoms with van der Waals surface area (Å²) in [6, 6.07) is 6.28. The van der Waals surface area contributed by atoms with Crippen LogP contribution in [-0.4, -0.2) is 31.4 Å². The van der Waals surface area contributed by atoms with Crippen LogP contribution in [0.25, 0.3) is 0 Å². The lowest BCUT2D eigenvalue weighted by atomic mass is 10.2.